The Labute approximate surface area is 225 Å². The number of piperidine rings is 1. The average molecular weight is 540 g/mol. The number of thiazole rings is 1. The topological polar surface area (TPSA) is 131 Å². The lowest BCUT2D eigenvalue weighted by Crippen LogP contribution is -2.44. The number of hydrogen-bond donors (Lipinski definition) is 2. The summed E-state index contributed by atoms with van der Waals surface area (Å²) in [5.41, 5.74) is 3.47. The summed E-state index contributed by atoms with van der Waals surface area (Å²) in [7, 11) is 1.50. The van der Waals surface area contributed by atoms with Crippen LogP contribution in [-0.4, -0.2) is 66.0 Å². The van der Waals surface area contributed by atoms with Crippen LogP contribution in [0.15, 0.2) is 29.7 Å². The van der Waals surface area contributed by atoms with Crippen molar-refractivity contribution in [3.05, 3.63) is 30.1 Å². The second-order valence-electron chi connectivity index (χ2n) is 9.27. The number of nitrogens with one attached hydrogen (secondary N) is 2. The Morgan fingerprint density at radius 2 is 1.87 bits per heavy atom. The van der Waals surface area contributed by atoms with Crippen molar-refractivity contribution in [1.82, 2.24) is 20.3 Å². The molecular weight excluding hydrogens is 506 g/mol. The van der Waals surface area contributed by atoms with Crippen molar-refractivity contribution in [2.45, 2.75) is 40.5 Å². The number of carbonyl (C=O) groups excluding carboxylic acids is 2. The number of hydrogen-bond acceptors (Lipinski definition) is 10. The minimum Gasteiger partial charge on any atom is -0.466 e. The number of ether oxygens (including phenoxy) is 1. The van der Waals surface area contributed by atoms with Gasteiger partial charge in [0.2, 0.25) is 5.95 Å². The van der Waals surface area contributed by atoms with E-state index in [1.165, 1.54) is 18.4 Å². The van der Waals surface area contributed by atoms with E-state index >= 15 is 0 Å². The van der Waals surface area contributed by atoms with Gasteiger partial charge in [-0.2, -0.15) is 0 Å². The van der Waals surface area contributed by atoms with Crippen LogP contribution < -0.4 is 15.5 Å². The van der Waals surface area contributed by atoms with Crippen molar-refractivity contribution in [3.63, 3.8) is 0 Å². The number of esters is 1. The molecule has 0 radical (unpaired) electrons. The van der Waals surface area contributed by atoms with Gasteiger partial charge in [0.05, 0.1) is 28.0 Å². The van der Waals surface area contributed by atoms with E-state index in [-0.39, 0.29) is 12.0 Å². The van der Waals surface area contributed by atoms with Crippen molar-refractivity contribution in [3.8, 4) is 11.1 Å². The number of aromatic nitrogens is 3. The lowest BCUT2D eigenvalue weighted by atomic mass is 9.80. The van der Waals surface area contributed by atoms with Crippen LogP contribution in [0.4, 0.5) is 15.9 Å². The molecule has 1 fully saturated rings. The van der Waals surface area contributed by atoms with Crippen LogP contribution in [0.5, 0.6) is 0 Å². The quantitative estimate of drug-likeness (QED) is 0.244. The van der Waals surface area contributed by atoms with Crippen molar-refractivity contribution in [1.29, 1.82) is 0 Å². The second-order valence-corrected chi connectivity index (χ2v) is 10.3. The number of rotatable bonds is 8. The molecule has 1 aliphatic heterocycles. The second kappa shape index (κ2) is 11.7. The molecule has 3 heterocycles. The molecule has 202 valence electrons. The molecule has 0 saturated carbocycles. The summed E-state index contributed by atoms with van der Waals surface area (Å²) >= 11 is 1.37. The summed E-state index contributed by atoms with van der Waals surface area (Å²) in [6.07, 6.45) is 4.95. The summed E-state index contributed by atoms with van der Waals surface area (Å²) < 4.78 is 6.14. The van der Waals surface area contributed by atoms with Gasteiger partial charge in [0.15, 0.2) is 5.13 Å². The Bertz CT molecular complexity index is 1330. The van der Waals surface area contributed by atoms with Crippen LogP contribution in [0.1, 0.15) is 46.1 Å². The van der Waals surface area contributed by atoms with Crippen LogP contribution in [0.3, 0.4) is 0 Å². The third-order valence-corrected chi connectivity index (χ3v) is 7.58. The molecular formula is C26H33N7O4S. The van der Waals surface area contributed by atoms with Crippen molar-refractivity contribution < 1.29 is 19.2 Å². The third kappa shape index (κ3) is 5.85. The van der Waals surface area contributed by atoms with Crippen molar-refractivity contribution >= 4 is 50.3 Å². The van der Waals surface area contributed by atoms with Crippen LogP contribution >= 0.6 is 11.3 Å². The number of anilines is 2. The Morgan fingerprint density at radius 1 is 1.16 bits per heavy atom. The lowest BCUT2D eigenvalue weighted by Gasteiger charge is -2.37. The van der Waals surface area contributed by atoms with E-state index in [1.54, 1.807) is 12.4 Å². The highest BCUT2D eigenvalue weighted by Crippen LogP contribution is 2.35. The number of urea groups is 1. The van der Waals surface area contributed by atoms with Gasteiger partial charge in [0, 0.05) is 43.2 Å². The minimum atomic E-state index is -0.474. The predicted molar refractivity (Wildman–Crippen MR) is 149 cm³/mol. The van der Waals surface area contributed by atoms with E-state index in [0.717, 1.165) is 26.9 Å². The van der Waals surface area contributed by atoms with Gasteiger partial charge >= 0.3 is 12.0 Å². The number of carbonyl (C=O) groups is 2. The largest absolute Gasteiger partial charge is 0.466 e. The maximum Gasteiger partial charge on any atom is 0.321 e. The lowest BCUT2D eigenvalue weighted by molar-refractivity contribution is -0.155. The van der Waals surface area contributed by atoms with Crippen molar-refractivity contribution in [2.75, 3.05) is 43.6 Å². The zero-order valence-electron chi connectivity index (χ0n) is 22.3. The van der Waals surface area contributed by atoms with E-state index in [4.69, 9.17) is 9.57 Å². The van der Waals surface area contributed by atoms with E-state index in [0.29, 0.717) is 55.9 Å². The number of amides is 2. The standard InChI is InChI=1S/C26H33N7O4S/c1-6-27-24(35)31-25-30-20-13-17(12-19(21(20)38-25)16(3)32-36-5)18-14-28-23(29-15-18)33-10-8-26(4,9-11-33)22(34)37-7-2/h12-15H,6-11H2,1-5H3,(H2,27,30,31,35). The minimum absolute atomic E-state index is 0.138. The van der Waals surface area contributed by atoms with E-state index in [2.05, 4.69) is 35.6 Å². The van der Waals surface area contributed by atoms with Crippen LogP contribution in [-0.2, 0) is 14.4 Å². The monoisotopic (exact) mass is 539 g/mol. The zero-order chi connectivity index (χ0) is 27.3. The van der Waals surface area contributed by atoms with Gasteiger partial charge in [-0.3, -0.25) is 10.1 Å². The van der Waals surface area contributed by atoms with Crippen LogP contribution in [0.2, 0.25) is 0 Å². The molecule has 38 heavy (non-hydrogen) atoms. The Balaban J connectivity index is 1.59. The first-order valence-electron chi connectivity index (χ1n) is 12.6. The fourth-order valence-corrected chi connectivity index (χ4v) is 5.36. The molecule has 1 saturated heterocycles. The molecule has 2 N–H and O–H groups in total. The molecule has 0 bridgehead atoms. The first-order chi connectivity index (χ1) is 18.3. The molecule has 3 aromatic rings. The highest BCUT2D eigenvalue weighted by molar-refractivity contribution is 7.22. The summed E-state index contributed by atoms with van der Waals surface area (Å²) in [4.78, 5) is 45.3. The van der Waals surface area contributed by atoms with Gasteiger partial charge in [-0.05, 0) is 58.2 Å². The summed E-state index contributed by atoms with van der Waals surface area (Å²) in [6, 6.07) is 3.64. The van der Waals surface area contributed by atoms with E-state index in [1.807, 2.05) is 39.8 Å². The van der Waals surface area contributed by atoms with Gasteiger partial charge in [-0.15, -0.1) is 0 Å². The molecule has 0 aliphatic carbocycles. The summed E-state index contributed by atoms with van der Waals surface area (Å²) in [5.74, 6) is 0.487. The van der Waals surface area contributed by atoms with Crippen LogP contribution in [0.25, 0.3) is 21.3 Å². The molecule has 0 atom stereocenters. The highest BCUT2D eigenvalue weighted by atomic mass is 32.1. The SMILES string of the molecule is CCNC(=O)Nc1nc2cc(-c3cnc(N4CCC(C)(C(=O)OCC)CC4)nc3)cc(C(C)=NOC)c2s1. The van der Waals surface area contributed by atoms with Gasteiger partial charge in [-0.25, -0.2) is 19.7 Å². The van der Waals surface area contributed by atoms with Gasteiger partial charge in [-0.1, -0.05) is 16.5 Å². The van der Waals surface area contributed by atoms with Crippen molar-refractivity contribution in [2.24, 2.45) is 10.6 Å². The highest BCUT2D eigenvalue weighted by Gasteiger charge is 2.38. The Hall–Kier alpha value is -3.80. The molecule has 1 aromatic carbocycles. The molecule has 2 amide bonds. The average Bonchev–Trinajstić information content (AvgIpc) is 3.31. The molecule has 2 aromatic heterocycles. The third-order valence-electron chi connectivity index (χ3n) is 6.56. The number of nitrogens with zero attached hydrogens (tertiary/aromatic N) is 5. The fraction of sp³-hybridized carbons (Fsp3) is 0.462. The van der Waals surface area contributed by atoms with Gasteiger partial charge in [0.1, 0.15) is 7.11 Å². The molecule has 4 rings (SSSR count). The van der Waals surface area contributed by atoms with Gasteiger partial charge in [0.25, 0.3) is 0 Å². The molecule has 0 unspecified atom stereocenters. The molecule has 11 nitrogen and oxygen atoms in total. The maximum absolute atomic E-state index is 12.3. The van der Waals surface area contributed by atoms with Gasteiger partial charge < -0.3 is 19.8 Å². The fourth-order valence-electron chi connectivity index (χ4n) is 4.35. The number of fused-ring (bicyclic) bond motifs is 1. The van der Waals surface area contributed by atoms with Crippen LogP contribution in [0, 0.1) is 5.41 Å². The zero-order valence-corrected chi connectivity index (χ0v) is 23.1. The normalized spacial score (nSPS) is 15.3. The Morgan fingerprint density at radius 3 is 2.50 bits per heavy atom. The first kappa shape index (κ1) is 27.2. The Kier molecular flexibility index (Phi) is 8.40. The molecule has 1 aliphatic rings. The smallest absolute Gasteiger partial charge is 0.321 e. The maximum atomic E-state index is 12.3. The first-order valence-corrected chi connectivity index (χ1v) is 13.4. The van der Waals surface area contributed by atoms with E-state index in [9.17, 15) is 9.59 Å². The number of oxime groups is 1. The summed E-state index contributed by atoms with van der Waals surface area (Å²) in [5, 5.41) is 10.1. The molecule has 12 heteroatoms. The molecule has 0 spiro atoms. The predicted octanol–water partition coefficient (Wildman–Crippen LogP) is 4.43. The summed E-state index contributed by atoms with van der Waals surface area (Å²) in [6.45, 7) is 9.77. The number of benzene rings is 1. The van der Waals surface area contributed by atoms with E-state index < -0.39 is 5.41 Å².